The molecule has 0 unspecified atom stereocenters. The lowest BCUT2D eigenvalue weighted by atomic mass is 9.97. The van der Waals surface area contributed by atoms with Crippen molar-refractivity contribution in [2.45, 2.75) is 33.5 Å². The monoisotopic (exact) mass is 363 g/mol. The number of halogens is 3. The van der Waals surface area contributed by atoms with Gasteiger partial charge in [0.2, 0.25) is 0 Å². The van der Waals surface area contributed by atoms with Gasteiger partial charge < -0.3 is 0 Å². The van der Waals surface area contributed by atoms with Crippen molar-refractivity contribution in [2.24, 2.45) is 12.5 Å². The molecular weight excluding hydrogens is 343 g/mol. The zero-order chi connectivity index (χ0) is 19.3. The Morgan fingerprint density at radius 2 is 1.73 bits per heavy atom. The predicted molar refractivity (Wildman–Crippen MR) is 94.9 cm³/mol. The fourth-order valence-electron chi connectivity index (χ4n) is 2.95. The largest absolute Gasteiger partial charge is 0.433 e. The van der Waals surface area contributed by atoms with Crippen molar-refractivity contribution in [3.63, 3.8) is 0 Å². The third-order valence-corrected chi connectivity index (χ3v) is 4.11. The molecule has 0 bridgehead atoms. The standard InChI is InChI=1S/C19H20F3N3O/c1-18(2,3)11-25-14-9-8-12(10-15(14)24(4)17(25)26)13-6-5-7-16(23-13)19(20,21)22/h5-10H,11H2,1-4H3. The fraction of sp³-hybridized carbons (Fsp3) is 0.368. The number of rotatable bonds is 2. The Balaban J connectivity index is 2.14. The lowest BCUT2D eigenvalue weighted by molar-refractivity contribution is -0.141. The molecular formula is C19H20F3N3O. The summed E-state index contributed by atoms with van der Waals surface area (Å²) in [5.41, 5.74) is 1.00. The molecule has 138 valence electrons. The summed E-state index contributed by atoms with van der Waals surface area (Å²) < 4.78 is 41.9. The highest BCUT2D eigenvalue weighted by Crippen LogP contribution is 2.30. The zero-order valence-corrected chi connectivity index (χ0v) is 15.1. The first-order valence-electron chi connectivity index (χ1n) is 8.21. The number of aromatic nitrogens is 3. The number of aryl methyl sites for hydroxylation is 1. The van der Waals surface area contributed by atoms with Crippen LogP contribution in [0.15, 0.2) is 41.2 Å². The second kappa shape index (κ2) is 6.00. The average Bonchev–Trinajstić information content (AvgIpc) is 2.77. The normalized spacial score (nSPS) is 12.7. The van der Waals surface area contributed by atoms with Gasteiger partial charge in [-0.05, 0) is 29.7 Å². The molecule has 2 heterocycles. The molecule has 2 aromatic heterocycles. The number of alkyl halides is 3. The summed E-state index contributed by atoms with van der Waals surface area (Å²) in [4.78, 5) is 16.3. The molecule has 7 heteroatoms. The average molecular weight is 363 g/mol. The van der Waals surface area contributed by atoms with Crippen LogP contribution in [0.1, 0.15) is 26.5 Å². The lowest BCUT2D eigenvalue weighted by Gasteiger charge is -2.18. The Kier molecular flexibility index (Phi) is 4.21. The van der Waals surface area contributed by atoms with Crippen molar-refractivity contribution in [2.75, 3.05) is 0 Å². The summed E-state index contributed by atoms with van der Waals surface area (Å²) >= 11 is 0. The molecule has 3 rings (SSSR count). The van der Waals surface area contributed by atoms with Gasteiger partial charge in [0, 0.05) is 19.2 Å². The van der Waals surface area contributed by atoms with Crippen molar-refractivity contribution >= 4 is 11.0 Å². The van der Waals surface area contributed by atoms with Gasteiger partial charge in [-0.2, -0.15) is 13.2 Å². The fourth-order valence-corrected chi connectivity index (χ4v) is 2.95. The molecule has 0 aliphatic carbocycles. The molecule has 0 saturated carbocycles. The van der Waals surface area contributed by atoms with E-state index in [2.05, 4.69) is 4.98 Å². The molecule has 0 atom stereocenters. The quantitative estimate of drug-likeness (QED) is 0.674. The van der Waals surface area contributed by atoms with Gasteiger partial charge in [0.15, 0.2) is 0 Å². The van der Waals surface area contributed by atoms with E-state index in [1.807, 2.05) is 20.8 Å². The summed E-state index contributed by atoms with van der Waals surface area (Å²) in [7, 11) is 1.66. The summed E-state index contributed by atoms with van der Waals surface area (Å²) in [6, 6.07) is 8.97. The van der Waals surface area contributed by atoms with Gasteiger partial charge in [-0.1, -0.05) is 32.9 Å². The summed E-state index contributed by atoms with van der Waals surface area (Å²) in [6.45, 7) is 6.67. The molecule has 0 aliphatic heterocycles. The van der Waals surface area contributed by atoms with E-state index >= 15 is 0 Å². The molecule has 0 fully saturated rings. The van der Waals surface area contributed by atoms with E-state index in [0.29, 0.717) is 17.6 Å². The van der Waals surface area contributed by atoms with Gasteiger partial charge in [-0.25, -0.2) is 9.78 Å². The third-order valence-electron chi connectivity index (χ3n) is 4.11. The van der Waals surface area contributed by atoms with Crippen LogP contribution in [0.3, 0.4) is 0 Å². The van der Waals surface area contributed by atoms with Gasteiger partial charge in [0.1, 0.15) is 5.69 Å². The molecule has 3 aromatic rings. The smallest absolute Gasteiger partial charge is 0.295 e. The van der Waals surface area contributed by atoms with E-state index in [4.69, 9.17) is 0 Å². The van der Waals surface area contributed by atoms with Crippen LogP contribution in [0.2, 0.25) is 0 Å². The summed E-state index contributed by atoms with van der Waals surface area (Å²) in [5, 5.41) is 0. The third kappa shape index (κ3) is 3.38. The van der Waals surface area contributed by atoms with E-state index in [9.17, 15) is 18.0 Å². The number of imidazole rings is 1. The minimum atomic E-state index is -4.50. The molecule has 0 spiro atoms. The van der Waals surface area contributed by atoms with Gasteiger partial charge >= 0.3 is 11.9 Å². The first-order valence-corrected chi connectivity index (χ1v) is 8.21. The van der Waals surface area contributed by atoms with Crippen LogP contribution in [0.25, 0.3) is 22.3 Å². The van der Waals surface area contributed by atoms with E-state index in [1.165, 1.54) is 16.7 Å². The highest BCUT2D eigenvalue weighted by atomic mass is 19.4. The number of nitrogens with zero attached hydrogens (tertiary/aromatic N) is 3. The first-order chi connectivity index (χ1) is 12.0. The number of hydrogen-bond donors (Lipinski definition) is 0. The summed E-state index contributed by atoms with van der Waals surface area (Å²) in [5.74, 6) is 0. The van der Waals surface area contributed by atoms with Gasteiger partial charge in [-0.15, -0.1) is 0 Å². The van der Waals surface area contributed by atoms with Crippen molar-refractivity contribution in [3.8, 4) is 11.3 Å². The SMILES string of the molecule is Cn1c(=O)n(CC(C)(C)C)c2ccc(-c3cccc(C(F)(F)F)n3)cc21. The number of fused-ring (bicyclic) bond motifs is 1. The topological polar surface area (TPSA) is 39.8 Å². The minimum absolute atomic E-state index is 0.0840. The van der Waals surface area contributed by atoms with Crippen LogP contribution in [-0.4, -0.2) is 14.1 Å². The maximum atomic E-state index is 12.9. The Morgan fingerprint density at radius 1 is 1.04 bits per heavy atom. The highest BCUT2D eigenvalue weighted by molar-refractivity contribution is 5.82. The predicted octanol–water partition coefficient (Wildman–Crippen LogP) is 4.47. The van der Waals surface area contributed by atoms with Gasteiger partial charge in [0.05, 0.1) is 16.7 Å². The van der Waals surface area contributed by atoms with E-state index < -0.39 is 11.9 Å². The molecule has 0 amide bonds. The van der Waals surface area contributed by atoms with E-state index in [1.54, 1.807) is 29.8 Å². The maximum absolute atomic E-state index is 12.9. The second-order valence-electron chi connectivity index (χ2n) is 7.60. The molecule has 0 aliphatic rings. The lowest BCUT2D eigenvalue weighted by Crippen LogP contribution is -2.27. The second-order valence-corrected chi connectivity index (χ2v) is 7.60. The zero-order valence-electron chi connectivity index (χ0n) is 15.1. The number of hydrogen-bond acceptors (Lipinski definition) is 2. The number of pyridine rings is 1. The molecule has 4 nitrogen and oxygen atoms in total. The minimum Gasteiger partial charge on any atom is -0.295 e. The first kappa shape index (κ1) is 18.2. The van der Waals surface area contributed by atoms with Crippen LogP contribution in [0, 0.1) is 5.41 Å². The Labute approximate surface area is 148 Å². The van der Waals surface area contributed by atoms with Gasteiger partial charge in [0.25, 0.3) is 0 Å². The molecule has 26 heavy (non-hydrogen) atoms. The van der Waals surface area contributed by atoms with E-state index in [-0.39, 0.29) is 16.8 Å². The van der Waals surface area contributed by atoms with Crippen LogP contribution in [0.4, 0.5) is 13.2 Å². The van der Waals surface area contributed by atoms with Crippen molar-refractivity contribution in [3.05, 3.63) is 52.6 Å². The Hall–Kier alpha value is -2.57. The van der Waals surface area contributed by atoms with Gasteiger partial charge in [-0.3, -0.25) is 9.13 Å². The maximum Gasteiger partial charge on any atom is 0.433 e. The molecule has 1 aromatic carbocycles. The van der Waals surface area contributed by atoms with Crippen LogP contribution in [-0.2, 0) is 19.8 Å². The van der Waals surface area contributed by atoms with Crippen LogP contribution < -0.4 is 5.69 Å². The van der Waals surface area contributed by atoms with E-state index in [0.717, 1.165) is 11.6 Å². The Bertz CT molecular complexity index is 1020. The van der Waals surface area contributed by atoms with Crippen molar-refractivity contribution in [1.29, 1.82) is 0 Å². The highest BCUT2D eigenvalue weighted by Gasteiger charge is 2.32. The van der Waals surface area contributed by atoms with Crippen molar-refractivity contribution in [1.82, 2.24) is 14.1 Å². The number of benzene rings is 1. The summed E-state index contributed by atoms with van der Waals surface area (Å²) in [6.07, 6.45) is -4.50. The van der Waals surface area contributed by atoms with Crippen LogP contribution in [0.5, 0.6) is 0 Å². The van der Waals surface area contributed by atoms with Crippen LogP contribution >= 0.6 is 0 Å². The molecule has 0 N–H and O–H groups in total. The molecule has 0 saturated heterocycles. The van der Waals surface area contributed by atoms with Crippen molar-refractivity contribution < 1.29 is 13.2 Å². The Morgan fingerprint density at radius 3 is 2.35 bits per heavy atom. The molecule has 0 radical (unpaired) electrons.